The van der Waals surface area contributed by atoms with Crippen LogP contribution in [0.2, 0.25) is 0 Å². The van der Waals surface area contributed by atoms with Crippen LogP contribution in [0, 0.1) is 5.82 Å². The van der Waals surface area contributed by atoms with Gasteiger partial charge in [-0.1, -0.05) is 19.9 Å². The second kappa shape index (κ2) is 14.5. The first kappa shape index (κ1) is 33.1. The van der Waals surface area contributed by atoms with Crippen LogP contribution in [0.25, 0.3) is 55.7 Å². The van der Waals surface area contributed by atoms with E-state index in [1.165, 1.54) is 12.1 Å². The molecule has 13 heteroatoms. The second-order valence-electron chi connectivity index (χ2n) is 10.9. The lowest BCUT2D eigenvalue weighted by molar-refractivity contribution is -0.191. The number of nitrogens with one attached hydrogen (secondary N) is 3. The van der Waals surface area contributed by atoms with Crippen molar-refractivity contribution in [2.45, 2.75) is 39.3 Å². The van der Waals surface area contributed by atoms with E-state index in [0.29, 0.717) is 53.3 Å². The summed E-state index contributed by atoms with van der Waals surface area (Å²) in [7, 11) is 1.82. The van der Waals surface area contributed by atoms with E-state index in [9.17, 15) is 13.2 Å². The molecule has 7 rings (SSSR count). The topological polar surface area (TPSA) is 133 Å². The minimum atomic E-state index is -2.63. The summed E-state index contributed by atoms with van der Waals surface area (Å²) in [6.45, 7) is 5.10. The van der Waals surface area contributed by atoms with Gasteiger partial charge in [-0.15, -0.1) is 0 Å². The average molecular weight is 643 g/mol. The lowest BCUT2D eigenvalue weighted by Crippen LogP contribution is -2.24. The Labute approximate surface area is 268 Å². The van der Waals surface area contributed by atoms with Gasteiger partial charge in [-0.2, -0.15) is 14.7 Å². The molecule has 0 aliphatic carbocycles. The summed E-state index contributed by atoms with van der Waals surface area (Å²) in [6.07, 6.45) is 7.01. The summed E-state index contributed by atoms with van der Waals surface area (Å²) >= 11 is 0. The highest BCUT2D eigenvalue weighted by Crippen LogP contribution is 2.34. The van der Waals surface area contributed by atoms with Crippen LogP contribution in [-0.4, -0.2) is 67.2 Å². The highest BCUT2D eigenvalue weighted by molar-refractivity contribution is 5.98. The van der Waals surface area contributed by atoms with Crippen LogP contribution < -0.4 is 5.32 Å². The highest BCUT2D eigenvalue weighted by Gasteiger charge is 2.37. The Morgan fingerprint density at radius 1 is 0.936 bits per heavy atom. The van der Waals surface area contributed by atoms with Crippen molar-refractivity contribution in [3.8, 4) is 33.8 Å². The summed E-state index contributed by atoms with van der Waals surface area (Å²) < 4.78 is 41.8. The van der Waals surface area contributed by atoms with Gasteiger partial charge in [0.25, 0.3) is 5.92 Å². The Morgan fingerprint density at radius 2 is 1.70 bits per heavy atom. The molecule has 5 heterocycles. The van der Waals surface area contributed by atoms with Gasteiger partial charge in [0.05, 0.1) is 29.3 Å². The van der Waals surface area contributed by atoms with Crippen molar-refractivity contribution in [3.63, 3.8) is 0 Å². The zero-order chi connectivity index (χ0) is 33.6. The van der Waals surface area contributed by atoms with Crippen LogP contribution in [0.15, 0.2) is 67.3 Å². The normalized spacial score (nSPS) is 13.9. The zero-order valence-electron chi connectivity index (χ0n) is 26.1. The molecule has 10 nitrogen and oxygen atoms in total. The fraction of sp³-hybridized carbons (Fsp3) is 0.265. The minimum Gasteiger partial charge on any atom is -0.335 e. The number of rotatable bonds is 7. The molecule has 0 amide bonds. The Hall–Kier alpha value is -5.23. The number of hydrogen-bond donors (Lipinski definition) is 3. The van der Waals surface area contributed by atoms with Crippen molar-refractivity contribution < 1.29 is 22.8 Å². The van der Waals surface area contributed by atoms with Crippen LogP contribution in [0.4, 0.5) is 13.2 Å². The van der Waals surface area contributed by atoms with Crippen LogP contribution in [0.3, 0.4) is 0 Å². The molecule has 4 aromatic heterocycles. The number of alkyl halides is 2. The van der Waals surface area contributed by atoms with E-state index in [2.05, 4.69) is 30.5 Å². The van der Waals surface area contributed by atoms with Crippen LogP contribution in [0.5, 0.6) is 0 Å². The van der Waals surface area contributed by atoms with Crippen molar-refractivity contribution in [1.29, 1.82) is 0 Å². The molecule has 6 aromatic rings. The third-order valence-corrected chi connectivity index (χ3v) is 7.61. The molecule has 47 heavy (non-hydrogen) atoms. The number of halogens is 3. The average Bonchev–Trinajstić information content (AvgIpc) is 3.78. The molecular formula is C34H33F3N8O2. The monoisotopic (exact) mass is 642 g/mol. The van der Waals surface area contributed by atoms with Gasteiger partial charge in [0, 0.05) is 61.2 Å². The highest BCUT2D eigenvalue weighted by atomic mass is 19.3. The number of pyridine rings is 2. The molecule has 0 atom stereocenters. The van der Waals surface area contributed by atoms with Crippen molar-refractivity contribution in [2.24, 2.45) is 0 Å². The molecule has 1 aliphatic heterocycles. The van der Waals surface area contributed by atoms with Gasteiger partial charge in [0.1, 0.15) is 11.5 Å². The van der Waals surface area contributed by atoms with E-state index in [4.69, 9.17) is 14.6 Å². The molecule has 0 bridgehead atoms. The van der Waals surface area contributed by atoms with Crippen LogP contribution in [0.1, 0.15) is 31.4 Å². The smallest absolute Gasteiger partial charge is 0.335 e. The van der Waals surface area contributed by atoms with Gasteiger partial charge in [-0.3, -0.25) is 20.0 Å². The quantitative estimate of drug-likeness (QED) is 0.183. The predicted molar refractivity (Wildman–Crippen MR) is 172 cm³/mol. The molecule has 3 N–H and O–H groups in total. The van der Waals surface area contributed by atoms with Crippen LogP contribution in [-0.2, 0) is 22.7 Å². The molecule has 1 aliphatic rings. The Bertz CT molecular complexity index is 2040. The SMILES string of the molecule is CC.CNCc1cc(F)cc(-c2cncc3[nH]c(-c4n[nH]c5ccc(-c6cncc(CN7CCC(F)(F)C7)c6)cc45)nc23)c1.O=C=O. The van der Waals surface area contributed by atoms with E-state index in [1.54, 1.807) is 29.7 Å². The molecule has 0 radical (unpaired) electrons. The maximum atomic E-state index is 14.4. The molecule has 242 valence electrons. The van der Waals surface area contributed by atoms with Gasteiger partial charge in [-0.05, 0) is 65.7 Å². The first-order valence-corrected chi connectivity index (χ1v) is 15.1. The van der Waals surface area contributed by atoms with Gasteiger partial charge in [0.2, 0.25) is 0 Å². The summed E-state index contributed by atoms with van der Waals surface area (Å²) in [4.78, 5) is 35.0. The standard InChI is InChI=1S/C31H27F3N8.C2H6.CO2/c1-35-11-18-6-21(9-23(32)8-18)25-14-37-15-27-28(25)39-30(38-27)29-24-10-20(2-3-26(24)40-41-29)22-7-19(12-36-13-22)16-42-5-4-31(33,34)17-42;1-2;2-1-3/h2-3,6-10,12-15,35H,4-5,11,16-17H2,1H3,(H,38,39)(H,40,41);1-2H3;. The van der Waals surface area contributed by atoms with Gasteiger partial charge >= 0.3 is 6.15 Å². The van der Waals surface area contributed by atoms with E-state index < -0.39 is 5.92 Å². The van der Waals surface area contributed by atoms with E-state index in [-0.39, 0.29) is 24.9 Å². The molecule has 0 spiro atoms. The molecule has 1 saturated heterocycles. The van der Waals surface area contributed by atoms with E-state index in [0.717, 1.165) is 33.2 Å². The number of aromatic nitrogens is 6. The summed E-state index contributed by atoms with van der Waals surface area (Å²) in [5.41, 5.74) is 7.74. The lowest BCUT2D eigenvalue weighted by Gasteiger charge is -2.15. The van der Waals surface area contributed by atoms with Crippen molar-refractivity contribution in [3.05, 3.63) is 84.2 Å². The van der Waals surface area contributed by atoms with E-state index >= 15 is 0 Å². The largest absolute Gasteiger partial charge is 0.373 e. The fourth-order valence-electron chi connectivity index (χ4n) is 5.67. The van der Waals surface area contributed by atoms with Gasteiger partial charge in [-0.25, -0.2) is 18.2 Å². The number of hydrogen-bond acceptors (Lipinski definition) is 8. The van der Waals surface area contributed by atoms with Gasteiger partial charge < -0.3 is 10.3 Å². The third kappa shape index (κ3) is 7.44. The molecule has 0 unspecified atom stereocenters. The Balaban J connectivity index is 0.000000822. The number of aromatic amines is 2. The summed E-state index contributed by atoms with van der Waals surface area (Å²) in [5.74, 6) is -2.40. The van der Waals surface area contributed by atoms with Gasteiger partial charge in [0.15, 0.2) is 5.82 Å². The lowest BCUT2D eigenvalue weighted by atomic mass is 10.0. The van der Waals surface area contributed by atoms with Crippen molar-refractivity contribution >= 4 is 28.1 Å². The summed E-state index contributed by atoms with van der Waals surface area (Å²) in [5, 5.41) is 11.5. The number of carbonyl (C=O) groups excluding carboxylic acids is 2. The molecule has 0 saturated carbocycles. The number of imidazole rings is 1. The number of nitrogens with zero attached hydrogens (tertiary/aromatic N) is 5. The van der Waals surface area contributed by atoms with Crippen molar-refractivity contribution in [1.82, 2.24) is 40.3 Å². The predicted octanol–water partition coefficient (Wildman–Crippen LogP) is 6.37. The maximum absolute atomic E-state index is 14.4. The summed E-state index contributed by atoms with van der Waals surface area (Å²) in [6, 6.07) is 12.8. The second-order valence-corrected chi connectivity index (χ2v) is 10.9. The number of likely N-dealkylation sites (tertiary alicyclic amines) is 1. The first-order valence-electron chi connectivity index (χ1n) is 15.1. The molecule has 1 fully saturated rings. The van der Waals surface area contributed by atoms with Crippen molar-refractivity contribution in [2.75, 3.05) is 20.1 Å². The number of fused-ring (bicyclic) bond motifs is 2. The third-order valence-electron chi connectivity index (χ3n) is 7.61. The molecular weight excluding hydrogens is 609 g/mol. The minimum absolute atomic E-state index is 0.112. The first-order chi connectivity index (χ1) is 22.8. The van der Waals surface area contributed by atoms with Crippen LogP contribution >= 0.6 is 0 Å². The maximum Gasteiger partial charge on any atom is 0.373 e. The number of H-pyrrole nitrogens is 2. The fourth-order valence-corrected chi connectivity index (χ4v) is 5.67. The Morgan fingerprint density at radius 3 is 2.45 bits per heavy atom. The molecule has 2 aromatic carbocycles. The number of benzene rings is 2. The zero-order valence-corrected chi connectivity index (χ0v) is 26.1. The Kier molecular flexibility index (Phi) is 10.2. The van der Waals surface area contributed by atoms with E-state index in [1.807, 2.05) is 51.2 Å².